The van der Waals surface area contributed by atoms with Gasteiger partial charge in [0, 0.05) is 56.0 Å². The number of carbonyl (C=O) groups is 1. The molecule has 0 unspecified atom stereocenters. The summed E-state index contributed by atoms with van der Waals surface area (Å²) in [5.74, 6) is 1.08. The summed E-state index contributed by atoms with van der Waals surface area (Å²) in [4.78, 5) is 28.2. The number of halogens is 2. The molecule has 10 heteroatoms. The molecule has 1 amide bonds. The molecule has 178 valence electrons. The molecule has 0 radical (unpaired) electrons. The van der Waals surface area contributed by atoms with Gasteiger partial charge in [0.25, 0.3) is 0 Å². The molecule has 0 bridgehead atoms. The van der Waals surface area contributed by atoms with E-state index < -0.39 is 0 Å². The maximum Gasteiger partial charge on any atom is 0.230 e. The van der Waals surface area contributed by atoms with E-state index in [2.05, 4.69) is 36.1 Å². The van der Waals surface area contributed by atoms with Gasteiger partial charge in [-0.3, -0.25) is 4.79 Å². The molecule has 2 aliphatic heterocycles. The number of likely N-dealkylation sites (tertiary alicyclic amines) is 1. The number of aromatic nitrogens is 2. The van der Waals surface area contributed by atoms with Gasteiger partial charge in [0.15, 0.2) is 5.16 Å². The number of hydrogen-bond acceptors (Lipinski definition) is 7. The van der Waals surface area contributed by atoms with E-state index in [0.717, 1.165) is 62.3 Å². The summed E-state index contributed by atoms with van der Waals surface area (Å²) >= 11 is 13.7. The van der Waals surface area contributed by atoms with Crippen LogP contribution >= 0.6 is 35.0 Å². The van der Waals surface area contributed by atoms with Crippen molar-refractivity contribution in [2.75, 3.05) is 67.9 Å². The van der Waals surface area contributed by atoms with Crippen LogP contribution in [-0.4, -0.2) is 78.9 Å². The number of thioether (sulfide) groups is 1. The van der Waals surface area contributed by atoms with Gasteiger partial charge >= 0.3 is 0 Å². The Morgan fingerprint density at radius 2 is 1.73 bits per heavy atom. The topological polar surface area (TPSA) is 64.6 Å². The number of carbonyl (C=O) groups excluding carboxylic acids is 1. The van der Waals surface area contributed by atoms with Crippen LogP contribution < -0.4 is 15.1 Å². The summed E-state index contributed by atoms with van der Waals surface area (Å²) in [6.07, 6.45) is 3.83. The minimum Gasteiger partial charge on any atom is -0.368 e. The fraction of sp³-hybridized carbons (Fsp3) is 0.522. The number of anilines is 2. The van der Waals surface area contributed by atoms with Gasteiger partial charge < -0.3 is 20.0 Å². The first-order chi connectivity index (χ1) is 16.1. The van der Waals surface area contributed by atoms with E-state index in [0.29, 0.717) is 16.9 Å². The summed E-state index contributed by atoms with van der Waals surface area (Å²) in [6.45, 7) is 7.23. The summed E-state index contributed by atoms with van der Waals surface area (Å²) in [6, 6.07) is 9.72. The second-order valence-electron chi connectivity index (χ2n) is 8.33. The van der Waals surface area contributed by atoms with Crippen LogP contribution in [0.1, 0.15) is 19.3 Å². The lowest BCUT2D eigenvalue weighted by Crippen LogP contribution is -2.46. The van der Waals surface area contributed by atoms with Crippen LogP contribution in [0.2, 0.25) is 10.2 Å². The third-order valence-corrected chi connectivity index (χ3v) is 7.25. The smallest absolute Gasteiger partial charge is 0.230 e. The Morgan fingerprint density at radius 1 is 0.970 bits per heavy atom. The molecule has 2 fully saturated rings. The van der Waals surface area contributed by atoms with Gasteiger partial charge in [-0.1, -0.05) is 47.5 Å². The molecule has 0 spiro atoms. The number of nitrogens with zero attached hydrogens (tertiary/aromatic N) is 5. The Morgan fingerprint density at radius 3 is 2.48 bits per heavy atom. The molecule has 2 aliphatic rings. The number of rotatable bonds is 8. The molecule has 1 N–H and O–H groups in total. The van der Waals surface area contributed by atoms with Crippen molar-refractivity contribution < 1.29 is 4.79 Å². The number of benzene rings is 1. The van der Waals surface area contributed by atoms with Crippen LogP contribution in [-0.2, 0) is 4.79 Å². The normalized spacial score (nSPS) is 17.3. The minimum absolute atomic E-state index is 0.00253. The number of piperidine rings is 1. The van der Waals surface area contributed by atoms with Crippen molar-refractivity contribution in [3.05, 3.63) is 40.5 Å². The molecule has 1 aromatic heterocycles. The quantitative estimate of drug-likeness (QED) is 0.330. The van der Waals surface area contributed by atoms with Crippen molar-refractivity contribution >= 4 is 52.4 Å². The van der Waals surface area contributed by atoms with E-state index in [9.17, 15) is 4.79 Å². The average Bonchev–Trinajstić information content (AvgIpc) is 2.83. The predicted octanol–water partition coefficient (Wildman–Crippen LogP) is 3.80. The number of amides is 1. The van der Waals surface area contributed by atoms with Crippen molar-refractivity contribution in [2.45, 2.75) is 24.4 Å². The van der Waals surface area contributed by atoms with Gasteiger partial charge in [-0.25, -0.2) is 9.97 Å². The van der Waals surface area contributed by atoms with Crippen molar-refractivity contribution in [3.8, 4) is 0 Å². The summed E-state index contributed by atoms with van der Waals surface area (Å²) in [5.41, 5.74) is 1.13. The largest absolute Gasteiger partial charge is 0.368 e. The Balaban J connectivity index is 1.25. The van der Waals surface area contributed by atoms with E-state index in [-0.39, 0.29) is 11.7 Å². The van der Waals surface area contributed by atoms with Gasteiger partial charge in [0.05, 0.1) is 5.75 Å². The lowest BCUT2D eigenvalue weighted by Gasteiger charge is -2.36. The van der Waals surface area contributed by atoms with Gasteiger partial charge in [-0.2, -0.15) is 0 Å². The Labute approximate surface area is 209 Å². The molecule has 1 aromatic carbocycles. The third kappa shape index (κ3) is 7.37. The lowest BCUT2D eigenvalue weighted by atomic mass is 10.1. The molecule has 0 saturated carbocycles. The zero-order chi connectivity index (χ0) is 23.0. The highest BCUT2D eigenvalue weighted by atomic mass is 35.5. The predicted molar refractivity (Wildman–Crippen MR) is 137 cm³/mol. The second-order valence-corrected chi connectivity index (χ2v) is 10.1. The molecule has 0 atom stereocenters. The lowest BCUT2D eigenvalue weighted by molar-refractivity contribution is -0.118. The third-order valence-electron chi connectivity index (χ3n) is 5.97. The number of nitrogens with one attached hydrogen (secondary N) is 1. The van der Waals surface area contributed by atoms with E-state index in [1.807, 2.05) is 18.2 Å². The maximum atomic E-state index is 12.3. The molecule has 7 nitrogen and oxygen atoms in total. The van der Waals surface area contributed by atoms with Crippen LogP contribution in [0.5, 0.6) is 0 Å². The van der Waals surface area contributed by atoms with Gasteiger partial charge in [-0.15, -0.1) is 0 Å². The number of piperazine rings is 1. The molecule has 0 aliphatic carbocycles. The highest BCUT2D eigenvalue weighted by molar-refractivity contribution is 7.99. The first-order valence-corrected chi connectivity index (χ1v) is 13.2. The molecular weight excluding hydrogens is 479 g/mol. The zero-order valence-electron chi connectivity index (χ0n) is 18.7. The van der Waals surface area contributed by atoms with Gasteiger partial charge in [0.2, 0.25) is 5.91 Å². The van der Waals surface area contributed by atoms with Crippen LogP contribution in [0.4, 0.5) is 11.5 Å². The Bertz CT molecular complexity index is 935. The first kappa shape index (κ1) is 24.4. The van der Waals surface area contributed by atoms with Crippen molar-refractivity contribution in [3.63, 3.8) is 0 Å². The minimum atomic E-state index is -0.00253. The van der Waals surface area contributed by atoms with E-state index >= 15 is 0 Å². The van der Waals surface area contributed by atoms with Crippen LogP contribution in [0.25, 0.3) is 0 Å². The van der Waals surface area contributed by atoms with E-state index in [1.54, 1.807) is 6.07 Å². The van der Waals surface area contributed by atoms with E-state index in [1.165, 1.54) is 31.0 Å². The van der Waals surface area contributed by atoms with Crippen molar-refractivity contribution in [2.24, 2.45) is 0 Å². The summed E-state index contributed by atoms with van der Waals surface area (Å²) in [5, 5.41) is 4.67. The fourth-order valence-electron chi connectivity index (χ4n) is 4.20. The fourth-order valence-corrected chi connectivity index (χ4v) is 5.29. The Kier molecular flexibility index (Phi) is 8.95. The highest BCUT2D eigenvalue weighted by Gasteiger charge is 2.20. The SMILES string of the molecule is O=C(CSc1nc(Cl)cc(N2CCN(c3cccc(Cl)c3)CC2)n1)NCCN1CCCCC1. The zero-order valence-corrected chi connectivity index (χ0v) is 21.0. The standard InChI is InChI=1S/C23H30Cl2N6OS/c24-18-5-4-6-19(15-18)30-11-13-31(14-12-30)21-16-20(25)27-23(28-21)33-17-22(32)26-7-10-29-8-2-1-3-9-29/h4-6,15-16H,1-3,7-14,17H2,(H,26,32). The molecule has 2 aromatic rings. The first-order valence-electron chi connectivity index (χ1n) is 11.5. The number of hydrogen-bond donors (Lipinski definition) is 1. The monoisotopic (exact) mass is 508 g/mol. The van der Waals surface area contributed by atoms with Crippen molar-refractivity contribution in [1.82, 2.24) is 20.2 Å². The second kappa shape index (κ2) is 12.1. The van der Waals surface area contributed by atoms with Gasteiger partial charge in [0.1, 0.15) is 11.0 Å². The molecule has 3 heterocycles. The van der Waals surface area contributed by atoms with Gasteiger partial charge in [-0.05, 0) is 44.1 Å². The van der Waals surface area contributed by atoms with Crippen molar-refractivity contribution in [1.29, 1.82) is 0 Å². The van der Waals surface area contributed by atoms with Crippen LogP contribution in [0.3, 0.4) is 0 Å². The Hall–Kier alpha value is -1.74. The highest BCUT2D eigenvalue weighted by Crippen LogP contribution is 2.25. The van der Waals surface area contributed by atoms with Crippen LogP contribution in [0, 0.1) is 0 Å². The maximum absolute atomic E-state index is 12.3. The average molecular weight is 510 g/mol. The summed E-state index contributed by atoms with van der Waals surface area (Å²) in [7, 11) is 0. The van der Waals surface area contributed by atoms with Crippen LogP contribution in [0.15, 0.2) is 35.5 Å². The summed E-state index contributed by atoms with van der Waals surface area (Å²) < 4.78 is 0. The van der Waals surface area contributed by atoms with E-state index in [4.69, 9.17) is 23.2 Å². The molecule has 2 saturated heterocycles. The molecular formula is C23H30Cl2N6OS. The molecule has 33 heavy (non-hydrogen) atoms. The molecule has 4 rings (SSSR count).